The largest absolute Gasteiger partial charge is 0.365 e. The fourth-order valence-corrected chi connectivity index (χ4v) is 2.66. The molecule has 0 aliphatic heterocycles. The molecule has 0 spiro atoms. The summed E-state index contributed by atoms with van der Waals surface area (Å²) in [6.45, 7) is 0. The summed E-state index contributed by atoms with van der Waals surface area (Å²) in [5.41, 5.74) is 6.14. The molecular weight excluding hydrogens is 242 g/mol. The molecular formula is C13H17N5O. The third kappa shape index (κ3) is 2.44. The molecule has 1 aliphatic carbocycles. The Morgan fingerprint density at radius 2 is 2.32 bits per heavy atom. The van der Waals surface area contributed by atoms with Gasteiger partial charge in [-0.1, -0.05) is 0 Å². The van der Waals surface area contributed by atoms with E-state index in [2.05, 4.69) is 20.5 Å². The van der Waals surface area contributed by atoms with Gasteiger partial charge in [0.05, 0.1) is 5.39 Å². The number of anilines is 1. The Labute approximate surface area is 110 Å². The lowest BCUT2D eigenvalue weighted by atomic mass is 9.91. The number of hydrogen-bond acceptors (Lipinski definition) is 5. The van der Waals surface area contributed by atoms with Gasteiger partial charge >= 0.3 is 0 Å². The van der Waals surface area contributed by atoms with Crippen LogP contribution in [-0.4, -0.2) is 27.3 Å². The number of pyridine rings is 1. The Hall–Kier alpha value is -1.95. The average Bonchev–Trinajstić information content (AvgIpc) is 2.42. The number of nitrogens with one attached hydrogen (secondary N) is 2. The number of H-pyrrole nitrogens is 1. The first-order valence-electron chi connectivity index (χ1n) is 6.59. The van der Waals surface area contributed by atoms with Crippen molar-refractivity contribution in [3.8, 4) is 0 Å². The highest BCUT2D eigenvalue weighted by molar-refractivity contribution is 5.87. The van der Waals surface area contributed by atoms with E-state index in [0.29, 0.717) is 17.4 Å². The van der Waals surface area contributed by atoms with Gasteiger partial charge in [-0.05, 0) is 37.8 Å². The van der Waals surface area contributed by atoms with Crippen molar-refractivity contribution in [2.45, 2.75) is 37.8 Å². The summed E-state index contributed by atoms with van der Waals surface area (Å²) in [5, 5.41) is 10.7. The van der Waals surface area contributed by atoms with Gasteiger partial charge in [-0.3, -0.25) is 9.78 Å². The second-order valence-corrected chi connectivity index (χ2v) is 5.07. The van der Waals surface area contributed by atoms with Gasteiger partial charge in [0.15, 0.2) is 5.82 Å². The van der Waals surface area contributed by atoms with Gasteiger partial charge in [-0.25, -0.2) is 5.10 Å². The maximum Gasteiger partial charge on any atom is 0.290 e. The number of aromatic nitrogens is 3. The molecule has 0 bridgehead atoms. The van der Waals surface area contributed by atoms with E-state index in [-0.39, 0.29) is 11.6 Å². The molecule has 2 atom stereocenters. The third-order valence-corrected chi connectivity index (χ3v) is 3.60. The topological polar surface area (TPSA) is 96.7 Å². The minimum absolute atomic E-state index is 0.249. The minimum Gasteiger partial charge on any atom is -0.365 e. The molecule has 3 rings (SSSR count). The zero-order valence-electron chi connectivity index (χ0n) is 10.6. The summed E-state index contributed by atoms with van der Waals surface area (Å²) < 4.78 is 0. The first kappa shape index (κ1) is 12.1. The Bertz CT molecular complexity index is 638. The van der Waals surface area contributed by atoms with Gasteiger partial charge < -0.3 is 11.1 Å². The van der Waals surface area contributed by atoms with E-state index in [1.165, 1.54) is 0 Å². The van der Waals surface area contributed by atoms with E-state index in [9.17, 15) is 4.79 Å². The molecule has 2 heterocycles. The molecule has 2 aromatic rings. The lowest BCUT2D eigenvalue weighted by molar-refractivity contribution is 0.409. The molecule has 1 saturated carbocycles. The van der Waals surface area contributed by atoms with Crippen LogP contribution in [0.1, 0.15) is 25.7 Å². The van der Waals surface area contributed by atoms with Crippen LogP contribution in [0.2, 0.25) is 0 Å². The standard InChI is InChI=1S/C13H17N5O/c14-8-3-1-4-9(7-8)16-12-10-5-2-6-15-11(10)13(19)18-17-12/h2,5-6,8-9H,1,3-4,7,14H2,(H,16,17)(H,18,19)/t8-,9+/m1/s1. The Kier molecular flexibility index (Phi) is 3.16. The third-order valence-electron chi connectivity index (χ3n) is 3.60. The van der Waals surface area contributed by atoms with E-state index in [1.807, 2.05) is 6.07 Å². The number of nitrogens with zero attached hydrogens (tertiary/aromatic N) is 2. The van der Waals surface area contributed by atoms with Crippen molar-refractivity contribution in [2.24, 2.45) is 5.73 Å². The van der Waals surface area contributed by atoms with Crippen LogP contribution in [0, 0.1) is 0 Å². The summed E-state index contributed by atoms with van der Waals surface area (Å²) in [5.74, 6) is 0.682. The van der Waals surface area contributed by atoms with Crippen LogP contribution in [0.3, 0.4) is 0 Å². The summed E-state index contributed by atoms with van der Waals surface area (Å²) in [6.07, 6.45) is 5.83. The smallest absolute Gasteiger partial charge is 0.290 e. The molecule has 6 nitrogen and oxygen atoms in total. The van der Waals surface area contributed by atoms with E-state index in [4.69, 9.17) is 5.73 Å². The van der Waals surface area contributed by atoms with Gasteiger partial charge in [-0.2, -0.15) is 5.10 Å². The van der Waals surface area contributed by atoms with E-state index in [1.54, 1.807) is 12.3 Å². The predicted octanol–water partition coefficient (Wildman–Crippen LogP) is 1.000. The number of nitrogens with two attached hydrogens (primary N) is 1. The fourth-order valence-electron chi connectivity index (χ4n) is 2.66. The van der Waals surface area contributed by atoms with Crippen molar-refractivity contribution < 1.29 is 0 Å². The van der Waals surface area contributed by atoms with Crippen molar-refractivity contribution in [1.29, 1.82) is 0 Å². The van der Waals surface area contributed by atoms with Crippen LogP contribution in [0.5, 0.6) is 0 Å². The van der Waals surface area contributed by atoms with Gasteiger partial charge in [0.25, 0.3) is 5.56 Å². The molecule has 0 aromatic carbocycles. The quantitative estimate of drug-likeness (QED) is 0.747. The van der Waals surface area contributed by atoms with E-state index >= 15 is 0 Å². The molecule has 4 N–H and O–H groups in total. The number of hydrogen-bond donors (Lipinski definition) is 3. The Balaban J connectivity index is 1.93. The fraction of sp³-hybridized carbons (Fsp3) is 0.462. The van der Waals surface area contributed by atoms with Gasteiger partial charge in [-0.15, -0.1) is 0 Å². The second kappa shape index (κ2) is 4.97. The van der Waals surface area contributed by atoms with Crippen LogP contribution in [0.25, 0.3) is 10.9 Å². The summed E-state index contributed by atoms with van der Waals surface area (Å²) >= 11 is 0. The molecule has 19 heavy (non-hydrogen) atoms. The normalized spacial score (nSPS) is 23.4. The first-order valence-corrected chi connectivity index (χ1v) is 6.59. The lowest BCUT2D eigenvalue weighted by Crippen LogP contribution is -2.35. The SMILES string of the molecule is N[C@@H]1CCC[C@H](Nc2n[nH]c(=O)c3ncccc23)C1. The second-order valence-electron chi connectivity index (χ2n) is 5.07. The zero-order valence-corrected chi connectivity index (χ0v) is 10.6. The first-order chi connectivity index (χ1) is 9.24. The van der Waals surface area contributed by atoms with Gasteiger partial charge in [0, 0.05) is 18.3 Å². The van der Waals surface area contributed by atoms with Crippen LogP contribution >= 0.6 is 0 Å². The molecule has 0 unspecified atom stereocenters. The van der Waals surface area contributed by atoms with Crippen molar-refractivity contribution in [1.82, 2.24) is 15.2 Å². The highest BCUT2D eigenvalue weighted by atomic mass is 16.1. The van der Waals surface area contributed by atoms with Crippen LogP contribution in [0.15, 0.2) is 23.1 Å². The maximum absolute atomic E-state index is 11.6. The number of aromatic amines is 1. The lowest BCUT2D eigenvalue weighted by Gasteiger charge is -2.27. The van der Waals surface area contributed by atoms with Crippen LogP contribution < -0.4 is 16.6 Å². The highest BCUT2D eigenvalue weighted by Crippen LogP contribution is 2.22. The molecule has 100 valence electrons. The Morgan fingerprint density at radius 3 is 3.16 bits per heavy atom. The van der Waals surface area contributed by atoms with Crippen LogP contribution in [0.4, 0.5) is 5.82 Å². The van der Waals surface area contributed by atoms with Gasteiger partial charge in [0.1, 0.15) is 5.52 Å². The molecule has 1 aliphatic rings. The monoisotopic (exact) mass is 259 g/mol. The highest BCUT2D eigenvalue weighted by Gasteiger charge is 2.20. The summed E-state index contributed by atoms with van der Waals surface area (Å²) in [6, 6.07) is 4.22. The molecule has 1 fully saturated rings. The number of fused-ring (bicyclic) bond motifs is 1. The molecule has 0 saturated heterocycles. The Morgan fingerprint density at radius 1 is 1.42 bits per heavy atom. The molecule has 6 heteroatoms. The van der Waals surface area contributed by atoms with E-state index in [0.717, 1.165) is 31.1 Å². The molecule has 0 radical (unpaired) electrons. The minimum atomic E-state index is -0.263. The van der Waals surface area contributed by atoms with Crippen molar-refractivity contribution >= 4 is 16.7 Å². The average molecular weight is 259 g/mol. The number of rotatable bonds is 2. The molecule has 2 aromatic heterocycles. The maximum atomic E-state index is 11.6. The molecule has 0 amide bonds. The van der Waals surface area contributed by atoms with E-state index < -0.39 is 0 Å². The van der Waals surface area contributed by atoms with Gasteiger partial charge in [0.2, 0.25) is 0 Å². The van der Waals surface area contributed by atoms with Crippen molar-refractivity contribution in [2.75, 3.05) is 5.32 Å². The predicted molar refractivity (Wildman–Crippen MR) is 74.0 cm³/mol. The summed E-state index contributed by atoms with van der Waals surface area (Å²) in [4.78, 5) is 15.7. The zero-order chi connectivity index (χ0) is 13.2. The summed E-state index contributed by atoms with van der Waals surface area (Å²) in [7, 11) is 0. The van der Waals surface area contributed by atoms with Crippen molar-refractivity contribution in [3.63, 3.8) is 0 Å². The van der Waals surface area contributed by atoms with Crippen molar-refractivity contribution in [3.05, 3.63) is 28.7 Å². The van der Waals surface area contributed by atoms with Crippen LogP contribution in [-0.2, 0) is 0 Å².